The van der Waals surface area contributed by atoms with Crippen LogP contribution in [-0.4, -0.2) is 20.9 Å². The summed E-state index contributed by atoms with van der Waals surface area (Å²) in [5.74, 6) is 0.509. The summed E-state index contributed by atoms with van der Waals surface area (Å²) < 4.78 is 39.0. The van der Waals surface area contributed by atoms with Gasteiger partial charge in [0.05, 0.1) is 29.9 Å². The van der Waals surface area contributed by atoms with E-state index >= 15 is 0 Å². The van der Waals surface area contributed by atoms with Crippen LogP contribution in [0.5, 0.6) is 0 Å². The number of halogens is 3. The van der Waals surface area contributed by atoms with E-state index in [1.165, 1.54) is 12.3 Å². The van der Waals surface area contributed by atoms with Gasteiger partial charge in [-0.2, -0.15) is 13.2 Å². The molecule has 0 atom stereocenters. The first-order chi connectivity index (χ1) is 13.3. The predicted octanol–water partition coefficient (Wildman–Crippen LogP) is 3.96. The molecule has 28 heavy (non-hydrogen) atoms. The molecule has 0 bridgehead atoms. The third-order valence-electron chi connectivity index (χ3n) is 4.56. The number of hydrogen-bond acceptors (Lipinski definition) is 4. The summed E-state index contributed by atoms with van der Waals surface area (Å²) in [6, 6.07) is 6.76. The Balaban J connectivity index is 1.69. The smallest absolute Gasteiger partial charge is 0.306 e. The molecule has 3 heterocycles. The fraction of sp³-hybridized carbons (Fsp3) is 0.200. The van der Waals surface area contributed by atoms with Gasteiger partial charge in [-0.1, -0.05) is 12.1 Å². The van der Waals surface area contributed by atoms with Crippen molar-refractivity contribution >= 4 is 11.6 Å². The zero-order valence-electron chi connectivity index (χ0n) is 14.9. The van der Waals surface area contributed by atoms with E-state index in [4.69, 9.17) is 0 Å². The summed E-state index contributed by atoms with van der Waals surface area (Å²) >= 11 is 0. The Morgan fingerprint density at radius 3 is 2.50 bits per heavy atom. The van der Waals surface area contributed by atoms with Gasteiger partial charge in [-0.15, -0.1) is 0 Å². The van der Waals surface area contributed by atoms with Gasteiger partial charge < -0.3 is 4.90 Å². The first kappa shape index (κ1) is 18.1. The number of pyridine rings is 1. The quantitative estimate of drug-likeness (QED) is 0.686. The number of aromatic nitrogens is 3. The zero-order chi connectivity index (χ0) is 19.9. The zero-order valence-corrected chi connectivity index (χ0v) is 14.9. The van der Waals surface area contributed by atoms with E-state index < -0.39 is 11.7 Å². The maximum atomic E-state index is 13.0. The van der Waals surface area contributed by atoms with Crippen molar-refractivity contribution in [3.63, 3.8) is 0 Å². The van der Waals surface area contributed by atoms with E-state index in [-0.39, 0.29) is 18.9 Å². The number of anilines is 1. The summed E-state index contributed by atoms with van der Waals surface area (Å²) in [7, 11) is 0. The molecule has 1 aliphatic heterocycles. The van der Waals surface area contributed by atoms with E-state index in [0.29, 0.717) is 28.3 Å². The minimum atomic E-state index is -4.42. The fourth-order valence-electron chi connectivity index (χ4n) is 3.11. The monoisotopic (exact) mass is 384 g/mol. The second kappa shape index (κ2) is 6.70. The number of benzene rings is 1. The van der Waals surface area contributed by atoms with E-state index in [9.17, 15) is 18.0 Å². The first-order valence-electron chi connectivity index (χ1n) is 8.56. The lowest BCUT2D eigenvalue weighted by Crippen LogP contribution is -2.26. The molecule has 8 heteroatoms. The molecule has 2 aromatic heterocycles. The van der Waals surface area contributed by atoms with E-state index in [1.807, 2.05) is 0 Å². The number of aryl methyl sites for hydroxylation is 1. The van der Waals surface area contributed by atoms with Crippen LogP contribution in [0.3, 0.4) is 0 Å². The fourth-order valence-corrected chi connectivity index (χ4v) is 3.11. The Hall–Kier alpha value is -3.29. The van der Waals surface area contributed by atoms with Gasteiger partial charge in [0.1, 0.15) is 5.82 Å². The maximum Gasteiger partial charge on any atom is 0.416 e. The molecule has 4 rings (SSSR count). The number of nitrogens with zero attached hydrogens (tertiary/aromatic N) is 4. The minimum Gasteiger partial charge on any atom is -0.306 e. The van der Waals surface area contributed by atoms with Gasteiger partial charge in [-0.3, -0.25) is 9.78 Å². The van der Waals surface area contributed by atoms with Gasteiger partial charge in [0.2, 0.25) is 5.91 Å². The molecule has 0 aliphatic carbocycles. The molecule has 0 saturated heterocycles. The van der Waals surface area contributed by atoms with Crippen LogP contribution in [0.15, 0.2) is 48.9 Å². The average molecular weight is 384 g/mol. The summed E-state index contributed by atoms with van der Waals surface area (Å²) in [4.78, 5) is 26.6. The molecule has 0 saturated carbocycles. The first-order valence-corrected chi connectivity index (χ1v) is 8.56. The summed E-state index contributed by atoms with van der Waals surface area (Å²) in [6.45, 7) is 2.05. The summed E-state index contributed by atoms with van der Waals surface area (Å²) in [6.07, 6.45) is 0.536. The van der Waals surface area contributed by atoms with Gasteiger partial charge >= 0.3 is 6.18 Å². The van der Waals surface area contributed by atoms with Gasteiger partial charge in [0.15, 0.2) is 0 Å². The van der Waals surface area contributed by atoms with Gasteiger partial charge in [-0.25, -0.2) is 9.97 Å². The standard InChI is InChI=1S/C20H15F3N4O/c1-12-24-8-13(9-25-12)11-27-18-6-15(10-26-17(18)7-19(27)28)14-3-2-4-16(5-14)20(21,22)23/h2-6,8-10H,7,11H2,1H3. The lowest BCUT2D eigenvalue weighted by molar-refractivity contribution is -0.137. The van der Waals surface area contributed by atoms with Gasteiger partial charge in [0.25, 0.3) is 0 Å². The van der Waals surface area contributed by atoms with Crippen LogP contribution in [-0.2, 0) is 23.9 Å². The third kappa shape index (κ3) is 3.45. The van der Waals surface area contributed by atoms with Crippen molar-refractivity contribution in [1.29, 1.82) is 0 Å². The highest BCUT2D eigenvalue weighted by atomic mass is 19.4. The van der Waals surface area contributed by atoms with Crippen LogP contribution in [0.1, 0.15) is 22.6 Å². The minimum absolute atomic E-state index is 0.121. The molecular formula is C20H15F3N4O. The van der Waals surface area contributed by atoms with E-state index in [2.05, 4.69) is 15.0 Å². The molecule has 5 nitrogen and oxygen atoms in total. The molecule has 1 aromatic carbocycles. The number of carbonyl (C=O) groups is 1. The molecule has 0 N–H and O–H groups in total. The van der Waals surface area contributed by atoms with Crippen LogP contribution in [0.2, 0.25) is 0 Å². The lowest BCUT2D eigenvalue weighted by Gasteiger charge is -2.18. The highest BCUT2D eigenvalue weighted by Crippen LogP contribution is 2.35. The molecule has 142 valence electrons. The van der Waals surface area contributed by atoms with Crippen LogP contribution in [0.4, 0.5) is 18.9 Å². The molecule has 3 aromatic rings. The number of amides is 1. The van der Waals surface area contributed by atoms with Crippen LogP contribution < -0.4 is 4.90 Å². The molecule has 0 unspecified atom stereocenters. The van der Waals surface area contributed by atoms with Crippen LogP contribution in [0, 0.1) is 6.92 Å². The maximum absolute atomic E-state index is 13.0. The number of hydrogen-bond donors (Lipinski definition) is 0. The van der Waals surface area contributed by atoms with Gasteiger partial charge in [0, 0.05) is 29.7 Å². The largest absolute Gasteiger partial charge is 0.416 e. The summed E-state index contributed by atoms with van der Waals surface area (Å²) in [5, 5.41) is 0. The highest BCUT2D eigenvalue weighted by Gasteiger charge is 2.31. The Bertz CT molecular complexity index is 1050. The van der Waals surface area contributed by atoms with Crippen molar-refractivity contribution in [3.8, 4) is 11.1 Å². The highest BCUT2D eigenvalue weighted by molar-refractivity contribution is 6.01. The van der Waals surface area contributed by atoms with E-state index in [0.717, 1.165) is 17.7 Å². The molecular weight excluding hydrogens is 369 g/mol. The summed E-state index contributed by atoms with van der Waals surface area (Å²) in [5.41, 5.74) is 2.15. The van der Waals surface area contributed by atoms with E-state index in [1.54, 1.807) is 36.4 Å². The van der Waals surface area contributed by atoms with Crippen molar-refractivity contribution in [2.75, 3.05) is 4.90 Å². The number of rotatable bonds is 3. The third-order valence-corrected chi connectivity index (χ3v) is 4.56. The van der Waals surface area contributed by atoms with Crippen LogP contribution >= 0.6 is 0 Å². The topological polar surface area (TPSA) is 59.0 Å². The molecule has 0 spiro atoms. The molecule has 1 amide bonds. The molecule has 1 aliphatic rings. The Morgan fingerprint density at radius 1 is 1.04 bits per heavy atom. The molecule has 0 fully saturated rings. The second-order valence-electron chi connectivity index (χ2n) is 6.56. The average Bonchev–Trinajstić information content (AvgIpc) is 2.97. The molecule has 0 radical (unpaired) electrons. The number of carbonyl (C=O) groups excluding carboxylic acids is 1. The Kier molecular flexibility index (Phi) is 4.33. The number of alkyl halides is 3. The van der Waals surface area contributed by atoms with Gasteiger partial charge in [-0.05, 0) is 30.7 Å². The normalized spacial score (nSPS) is 13.7. The predicted molar refractivity (Wildman–Crippen MR) is 96.3 cm³/mol. The Morgan fingerprint density at radius 2 is 1.79 bits per heavy atom. The van der Waals surface area contributed by atoms with Crippen molar-refractivity contribution in [2.24, 2.45) is 0 Å². The van der Waals surface area contributed by atoms with Crippen LogP contribution in [0.25, 0.3) is 11.1 Å². The second-order valence-corrected chi connectivity index (χ2v) is 6.56. The lowest BCUT2D eigenvalue weighted by atomic mass is 10.0. The van der Waals surface area contributed by atoms with Crippen molar-refractivity contribution < 1.29 is 18.0 Å². The number of fused-ring (bicyclic) bond motifs is 1. The van der Waals surface area contributed by atoms with Crippen molar-refractivity contribution in [2.45, 2.75) is 26.1 Å². The van der Waals surface area contributed by atoms with Crippen molar-refractivity contribution in [3.05, 3.63) is 71.6 Å². The van der Waals surface area contributed by atoms with Crippen molar-refractivity contribution in [1.82, 2.24) is 15.0 Å². The SMILES string of the molecule is Cc1ncc(CN2C(=O)Cc3ncc(-c4cccc(C(F)(F)F)c4)cc32)cn1. The Labute approximate surface area is 158 Å².